The summed E-state index contributed by atoms with van der Waals surface area (Å²) < 4.78 is 10.5. The van der Waals surface area contributed by atoms with Crippen LogP contribution in [-0.2, 0) is 20.9 Å². The van der Waals surface area contributed by atoms with Gasteiger partial charge in [-0.25, -0.2) is 0 Å². The van der Waals surface area contributed by atoms with E-state index in [1.807, 2.05) is 30.3 Å². The zero-order valence-corrected chi connectivity index (χ0v) is 12.0. The fourth-order valence-electron chi connectivity index (χ4n) is 1.74. The molecule has 0 saturated carbocycles. The van der Waals surface area contributed by atoms with E-state index in [4.69, 9.17) is 14.6 Å². The molecule has 0 saturated heterocycles. The van der Waals surface area contributed by atoms with Crippen molar-refractivity contribution in [3.63, 3.8) is 0 Å². The minimum atomic E-state index is -0.548. The average molecular weight is 281 g/mol. The summed E-state index contributed by atoms with van der Waals surface area (Å²) >= 11 is 0. The van der Waals surface area contributed by atoms with E-state index in [2.05, 4.69) is 5.32 Å². The molecule has 0 aliphatic rings. The molecule has 0 aliphatic heterocycles. The third kappa shape index (κ3) is 6.14. The Balaban J connectivity index is 2.37. The van der Waals surface area contributed by atoms with Crippen LogP contribution in [0.15, 0.2) is 30.3 Å². The van der Waals surface area contributed by atoms with Gasteiger partial charge < -0.3 is 19.9 Å². The van der Waals surface area contributed by atoms with Crippen LogP contribution in [0.1, 0.15) is 18.9 Å². The fraction of sp³-hybridized carbons (Fsp3) is 0.533. The van der Waals surface area contributed by atoms with Crippen LogP contribution in [0.5, 0.6) is 0 Å². The predicted molar refractivity (Wildman–Crippen MR) is 76.2 cm³/mol. The van der Waals surface area contributed by atoms with E-state index in [9.17, 15) is 4.79 Å². The molecule has 1 aromatic carbocycles. The minimum Gasteiger partial charge on any atom is -0.396 e. The van der Waals surface area contributed by atoms with Crippen molar-refractivity contribution in [2.75, 3.05) is 20.3 Å². The number of benzene rings is 1. The third-order valence-electron chi connectivity index (χ3n) is 2.90. The van der Waals surface area contributed by atoms with Crippen molar-refractivity contribution in [1.82, 2.24) is 5.32 Å². The number of aliphatic hydroxyl groups excluding tert-OH is 1. The van der Waals surface area contributed by atoms with E-state index in [1.54, 1.807) is 14.0 Å². The van der Waals surface area contributed by atoms with Gasteiger partial charge >= 0.3 is 0 Å². The maximum Gasteiger partial charge on any atom is 0.249 e. The van der Waals surface area contributed by atoms with Crippen molar-refractivity contribution >= 4 is 5.91 Å². The summed E-state index contributed by atoms with van der Waals surface area (Å²) in [6.45, 7) is 2.48. The van der Waals surface area contributed by atoms with Gasteiger partial charge in [0.05, 0.1) is 19.3 Å². The molecule has 0 aromatic heterocycles. The minimum absolute atomic E-state index is 0.00750. The number of carbonyl (C=O) groups is 1. The SMILES string of the molecule is COCC(CCO)NC(=O)C(C)OCc1ccccc1. The number of rotatable bonds is 9. The lowest BCUT2D eigenvalue weighted by molar-refractivity contribution is -0.133. The lowest BCUT2D eigenvalue weighted by Gasteiger charge is -2.20. The second kappa shape index (κ2) is 9.47. The molecule has 20 heavy (non-hydrogen) atoms. The van der Waals surface area contributed by atoms with Gasteiger partial charge in [0.15, 0.2) is 0 Å². The van der Waals surface area contributed by atoms with Crippen molar-refractivity contribution in [1.29, 1.82) is 0 Å². The molecule has 2 N–H and O–H groups in total. The quantitative estimate of drug-likeness (QED) is 0.711. The van der Waals surface area contributed by atoms with Crippen LogP contribution in [0.4, 0.5) is 0 Å². The molecule has 5 nitrogen and oxygen atoms in total. The van der Waals surface area contributed by atoms with E-state index >= 15 is 0 Å². The summed E-state index contributed by atoms with van der Waals surface area (Å²) in [5, 5.41) is 11.7. The van der Waals surface area contributed by atoms with Crippen molar-refractivity contribution in [3.8, 4) is 0 Å². The number of ether oxygens (including phenoxy) is 2. The largest absolute Gasteiger partial charge is 0.396 e. The van der Waals surface area contributed by atoms with Gasteiger partial charge in [-0.2, -0.15) is 0 Å². The van der Waals surface area contributed by atoms with Crippen LogP contribution in [-0.4, -0.2) is 43.5 Å². The summed E-state index contributed by atoms with van der Waals surface area (Å²) in [6.07, 6.45) is -0.0846. The smallest absolute Gasteiger partial charge is 0.249 e. The van der Waals surface area contributed by atoms with Crippen LogP contribution >= 0.6 is 0 Å². The molecule has 0 heterocycles. The molecule has 0 fully saturated rings. The molecule has 0 radical (unpaired) electrons. The summed E-state index contributed by atoms with van der Waals surface area (Å²) in [5.41, 5.74) is 1.02. The number of hydrogen-bond acceptors (Lipinski definition) is 4. The molecule has 1 amide bonds. The zero-order valence-electron chi connectivity index (χ0n) is 12.0. The number of amides is 1. The molecule has 112 valence electrons. The second-order valence-electron chi connectivity index (χ2n) is 4.61. The number of methoxy groups -OCH3 is 1. The first-order chi connectivity index (χ1) is 9.67. The van der Waals surface area contributed by atoms with Crippen LogP contribution in [0.25, 0.3) is 0 Å². The topological polar surface area (TPSA) is 67.8 Å². The van der Waals surface area contributed by atoms with E-state index in [-0.39, 0.29) is 18.6 Å². The van der Waals surface area contributed by atoms with Gasteiger partial charge in [0, 0.05) is 13.7 Å². The molecule has 1 rings (SSSR count). The highest BCUT2D eigenvalue weighted by Gasteiger charge is 2.17. The molecule has 0 spiro atoms. The Hall–Kier alpha value is -1.43. The highest BCUT2D eigenvalue weighted by molar-refractivity contribution is 5.80. The lowest BCUT2D eigenvalue weighted by atomic mass is 10.2. The highest BCUT2D eigenvalue weighted by Crippen LogP contribution is 2.04. The molecule has 0 aliphatic carbocycles. The number of nitrogens with one attached hydrogen (secondary N) is 1. The van der Waals surface area contributed by atoms with E-state index in [1.165, 1.54) is 0 Å². The van der Waals surface area contributed by atoms with Gasteiger partial charge in [0.25, 0.3) is 0 Å². The van der Waals surface area contributed by atoms with Crippen LogP contribution in [0, 0.1) is 0 Å². The second-order valence-corrected chi connectivity index (χ2v) is 4.61. The van der Waals surface area contributed by atoms with Crippen LogP contribution < -0.4 is 5.32 Å². The Labute approximate surface area is 119 Å². The van der Waals surface area contributed by atoms with Gasteiger partial charge in [-0.15, -0.1) is 0 Å². The van der Waals surface area contributed by atoms with E-state index < -0.39 is 6.10 Å². The molecular formula is C15H23NO4. The Morgan fingerprint density at radius 2 is 2.05 bits per heavy atom. The van der Waals surface area contributed by atoms with Gasteiger partial charge in [-0.1, -0.05) is 30.3 Å². The van der Waals surface area contributed by atoms with Crippen molar-refractivity contribution < 1.29 is 19.4 Å². The van der Waals surface area contributed by atoms with Gasteiger partial charge in [0.1, 0.15) is 6.10 Å². The zero-order chi connectivity index (χ0) is 14.8. The Bertz CT molecular complexity index is 377. The van der Waals surface area contributed by atoms with Gasteiger partial charge in [-0.3, -0.25) is 4.79 Å². The third-order valence-corrected chi connectivity index (χ3v) is 2.90. The van der Waals surface area contributed by atoms with Gasteiger partial charge in [-0.05, 0) is 18.9 Å². The molecule has 0 bridgehead atoms. The first-order valence-electron chi connectivity index (χ1n) is 6.73. The number of aliphatic hydroxyl groups is 1. The van der Waals surface area contributed by atoms with E-state index in [0.29, 0.717) is 19.6 Å². The monoisotopic (exact) mass is 281 g/mol. The maximum atomic E-state index is 12.0. The normalized spacial score (nSPS) is 13.8. The van der Waals surface area contributed by atoms with Crippen LogP contribution in [0.2, 0.25) is 0 Å². The molecule has 1 aromatic rings. The number of hydrogen-bond donors (Lipinski definition) is 2. The first-order valence-corrected chi connectivity index (χ1v) is 6.73. The first kappa shape index (κ1) is 16.6. The summed E-state index contributed by atoms with van der Waals surface area (Å²) in [7, 11) is 1.56. The summed E-state index contributed by atoms with van der Waals surface area (Å²) in [4.78, 5) is 12.0. The molecular weight excluding hydrogens is 258 g/mol. The van der Waals surface area contributed by atoms with Crippen molar-refractivity contribution in [3.05, 3.63) is 35.9 Å². The summed E-state index contributed by atoms with van der Waals surface area (Å²) in [5.74, 6) is -0.198. The summed E-state index contributed by atoms with van der Waals surface area (Å²) in [6, 6.07) is 9.50. The Morgan fingerprint density at radius 1 is 1.35 bits per heavy atom. The Morgan fingerprint density at radius 3 is 2.65 bits per heavy atom. The molecule has 2 unspecified atom stereocenters. The lowest BCUT2D eigenvalue weighted by Crippen LogP contribution is -2.43. The molecule has 5 heteroatoms. The van der Waals surface area contributed by atoms with E-state index in [0.717, 1.165) is 5.56 Å². The fourth-order valence-corrected chi connectivity index (χ4v) is 1.74. The van der Waals surface area contributed by atoms with Gasteiger partial charge in [0.2, 0.25) is 5.91 Å². The van der Waals surface area contributed by atoms with Crippen molar-refractivity contribution in [2.24, 2.45) is 0 Å². The maximum absolute atomic E-state index is 12.0. The number of carbonyl (C=O) groups excluding carboxylic acids is 1. The average Bonchev–Trinajstić information content (AvgIpc) is 2.46. The standard InChI is InChI=1S/C15H23NO4/c1-12(20-10-13-6-4-3-5-7-13)15(18)16-14(8-9-17)11-19-2/h3-7,12,14,17H,8-11H2,1-2H3,(H,16,18). The highest BCUT2D eigenvalue weighted by atomic mass is 16.5. The predicted octanol–water partition coefficient (Wildman–Crippen LogP) is 1.11. The molecule has 2 atom stereocenters. The Kier molecular flexibility index (Phi) is 7.87. The van der Waals surface area contributed by atoms with Crippen molar-refractivity contribution in [2.45, 2.75) is 32.1 Å². The van der Waals surface area contributed by atoms with Crippen LogP contribution in [0.3, 0.4) is 0 Å².